The number of hydrogen-bond acceptors (Lipinski definition) is 4. The molecule has 0 spiro atoms. The first-order chi connectivity index (χ1) is 14.9. The lowest BCUT2D eigenvalue weighted by molar-refractivity contribution is 0.0170. The molecule has 3 rings (SSSR count). The van der Waals surface area contributed by atoms with Gasteiger partial charge in [-0.2, -0.15) is 5.10 Å². The molecule has 32 heavy (non-hydrogen) atoms. The van der Waals surface area contributed by atoms with E-state index in [2.05, 4.69) is 58.5 Å². The van der Waals surface area contributed by atoms with Crippen molar-refractivity contribution in [3.8, 4) is 0 Å². The molecule has 0 bridgehead atoms. The molecule has 7 nitrogen and oxygen atoms in total. The maximum atomic E-state index is 6.12. The minimum absolute atomic E-state index is 0. The first-order valence-corrected chi connectivity index (χ1v) is 11.3. The maximum Gasteiger partial charge on any atom is 0.191 e. The van der Waals surface area contributed by atoms with Gasteiger partial charge in [-0.3, -0.25) is 14.6 Å². The maximum absolute atomic E-state index is 6.12. The highest BCUT2D eigenvalue weighted by Gasteiger charge is 2.23. The number of aryl methyl sites for hydroxylation is 2. The summed E-state index contributed by atoms with van der Waals surface area (Å²) < 4.78 is 7.50. The summed E-state index contributed by atoms with van der Waals surface area (Å²) in [5.74, 6) is 0.805. The van der Waals surface area contributed by atoms with Gasteiger partial charge in [0, 0.05) is 50.5 Å². The van der Waals surface area contributed by atoms with Crippen molar-refractivity contribution in [3.63, 3.8) is 0 Å². The van der Waals surface area contributed by atoms with E-state index in [0.717, 1.165) is 55.9 Å². The number of halogens is 2. The molecule has 1 aromatic carbocycles. The van der Waals surface area contributed by atoms with Crippen molar-refractivity contribution in [3.05, 3.63) is 51.8 Å². The van der Waals surface area contributed by atoms with Crippen molar-refractivity contribution >= 4 is 41.5 Å². The summed E-state index contributed by atoms with van der Waals surface area (Å²) in [6, 6.07) is 8.58. The molecule has 2 aromatic rings. The lowest BCUT2D eigenvalue weighted by Crippen LogP contribution is -2.48. The average molecular weight is 575 g/mol. The van der Waals surface area contributed by atoms with Crippen LogP contribution in [0, 0.1) is 13.8 Å². The van der Waals surface area contributed by atoms with E-state index in [0.29, 0.717) is 0 Å². The van der Waals surface area contributed by atoms with E-state index in [9.17, 15) is 0 Å². The van der Waals surface area contributed by atoms with E-state index in [1.54, 1.807) is 0 Å². The van der Waals surface area contributed by atoms with Crippen LogP contribution in [0.2, 0.25) is 5.02 Å². The largest absolute Gasteiger partial charge is 0.379 e. The van der Waals surface area contributed by atoms with Crippen molar-refractivity contribution in [2.75, 3.05) is 39.9 Å². The Balaban J connectivity index is 0.00000363. The van der Waals surface area contributed by atoms with Gasteiger partial charge in [0.05, 0.1) is 24.9 Å². The summed E-state index contributed by atoms with van der Waals surface area (Å²) in [5.41, 5.74) is 4.84. The standard InChI is InChI=1S/C23H35ClN6O.HI/c1-16(14-21-17(2)28-29(5)18(21)3)27-23(25-4)26-15-22(30-10-12-31-13-11-30)19-6-8-20(24)9-7-19;/h6-9,16,22H,10-15H2,1-5H3,(H2,25,26,27);1H. The number of benzene rings is 1. The molecule has 1 fully saturated rings. The summed E-state index contributed by atoms with van der Waals surface area (Å²) in [4.78, 5) is 6.91. The molecule has 0 aliphatic carbocycles. The van der Waals surface area contributed by atoms with Crippen LogP contribution in [0.15, 0.2) is 29.3 Å². The van der Waals surface area contributed by atoms with Gasteiger partial charge in [0.1, 0.15) is 0 Å². The molecular weight excluding hydrogens is 539 g/mol. The zero-order valence-corrected chi connectivity index (χ0v) is 22.8. The summed E-state index contributed by atoms with van der Waals surface area (Å²) in [6.45, 7) is 10.5. The van der Waals surface area contributed by atoms with Gasteiger partial charge in [0.2, 0.25) is 0 Å². The Labute approximate surface area is 214 Å². The highest BCUT2D eigenvalue weighted by atomic mass is 127. The molecule has 9 heteroatoms. The quantitative estimate of drug-likeness (QED) is 0.301. The molecule has 1 aliphatic rings. The monoisotopic (exact) mass is 574 g/mol. The highest BCUT2D eigenvalue weighted by Crippen LogP contribution is 2.23. The molecule has 2 unspecified atom stereocenters. The van der Waals surface area contributed by atoms with Crippen LogP contribution in [-0.4, -0.2) is 66.6 Å². The lowest BCUT2D eigenvalue weighted by atomic mass is 10.0. The molecule has 0 amide bonds. The second-order valence-electron chi connectivity index (χ2n) is 8.19. The van der Waals surface area contributed by atoms with Crippen molar-refractivity contribution in [1.29, 1.82) is 0 Å². The third-order valence-electron chi connectivity index (χ3n) is 5.98. The zero-order valence-electron chi connectivity index (χ0n) is 19.7. The fraction of sp³-hybridized carbons (Fsp3) is 0.565. The number of nitrogens with one attached hydrogen (secondary N) is 2. The van der Waals surface area contributed by atoms with E-state index >= 15 is 0 Å². The van der Waals surface area contributed by atoms with Crippen molar-refractivity contribution in [2.45, 2.75) is 39.3 Å². The summed E-state index contributed by atoms with van der Waals surface area (Å²) in [5, 5.41) is 12.4. The molecule has 2 heterocycles. The van der Waals surface area contributed by atoms with Crippen molar-refractivity contribution in [2.24, 2.45) is 12.0 Å². The predicted molar refractivity (Wildman–Crippen MR) is 142 cm³/mol. The number of rotatable bonds is 7. The Morgan fingerprint density at radius 3 is 2.44 bits per heavy atom. The van der Waals surface area contributed by atoms with Crippen LogP contribution in [0.25, 0.3) is 0 Å². The number of morpholine rings is 1. The normalized spacial score (nSPS) is 16.9. The van der Waals surface area contributed by atoms with Crippen molar-refractivity contribution in [1.82, 2.24) is 25.3 Å². The van der Waals surface area contributed by atoms with Gasteiger partial charge in [-0.25, -0.2) is 0 Å². The Morgan fingerprint density at radius 1 is 1.22 bits per heavy atom. The fourth-order valence-corrected chi connectivity index (χ4v) is 4.25. The van der Waals surface area contributed by atoms with Crippen LogP contribution in [-0.2, 0) is 18.2 Å². The Bertz CT molecular complexity index is 879. The molecule has 0 saturated carbocycles. The van der Waals surface area contributed by atoms with Gasteiger partial charge in [-0.15, -0.1) is 24.0 Å². The van der Waals surface area contributed by atoms with E-state index in [1.807, 2.05) is 30.9 Å². The number of nitrogens with zero attached hydrogens (tertiary/aromatic N) is 4. The molecule has 2 atom stereocenters. The minimum Gasteiger partial charge on any atom is -0.379 e. The lowest BCUT2D eigenvalue weighted by Gasteiger charge is -2.35. The average Bonchev–Trinajstić information content (AvgIpc) is 3.00. The number of ether oxygens (including phenoxy) is 1. The van der Waals surface area contributed by atoms with Crippen LogP contribution < -0.4 is 10.6 Å². The topological polar surface area (TPSA) is 66.7 Å². The molecule has 1 aliphatic heterocycles. The highest BCUT2D eigenvalue weighted by molar-refractivity contribution is 14.0. The Morgan fingerprint density at radius 2 is 1.88 bits per heavy atom. The van der Waals surface area contributed by atoms with Gasteiger partial charge in [0.15, 0.2) is 5.96 Å². The van der Waals surface area contributed by atoms with E-state index in [1.165, 1.54) is 16.8 Å². The van der Waals surface area contributed by atoms with Gasteiger partial charge in [-0.1, -0.05) is 23.7 Å². The second kappa shape index (κ2) is 12.8. The molecule has 1 saturated heterocycles. The Kier molecular flexibility index (Phi) is 10.7. The first-order valence-electron chi connectivity index (χ1n) is 10.9. The third kappa shape index (κ3) is 7.07. The summed E-state index contributed by atoms with van der Waals surface area (Å²) in [6.07, 6.45) is 0.899. The molecule has 178 valence electrons. The second-order valence-corrected chi connectivity index (χ2v) is 8.63. The number of guanidine groups is 1. The number of hydrogen-bond donors (Lipinski definition) is 2. The zero-order chi connectivity index (χ0) is 22.4. The van der Waals surface area contributed by atoms with Gasteiger partial charge >= 0.3 is 0 Å². The van der Waals surface area contributed by atoms with E-state index in [-0.39, 0.29) is 36.1 Å². The molecule has 1 aromatic heterocycles. The van der Waals surface area contributed by atoms with E-state index < -0.39 is 0 Å². The van der Waals surface area contributed by atoms with Crippen LogP contribution in [0.4, 0.5) is 0 Å². The fourth-order valence-electron chi connectivity index (χ4n) is 4.12. The number of aromatic nitrogens is 2. The third-order valence-corrected chi connectivity index (χ3v) is 6.23. The van der Waals surface area contributed by atoms with Gasteiger partial charge < -0.3 is 15.4 Å². The van der Waals surface area contributed by atoms with Crippen LogP contribution in [0.1, 0.15) is 35.5 Å². The summed E-state index contributed by atoms with van der Waals surface area (Å²) in [7, 11) is 3.81. The van der Waals surface area contributed by atoms with Crippen LogP contribution in [0.5, 0.6) is 0 Å². The van der Waals surface area contributed by atoms with Gasteiger partial charge in [0.25, 0.3) is 0 Å². The molecule has 2 N–H and O–H groups in total. The minimum atomic E-state index is 0. The Hall–Kier alpha value is -1.36. The predicted octanol–water partition coefficient (Wildman–Crippen LogP) is 3.48. The molecular formula is C23H36ClIN6O. The van der Waals surface area contributed by atoms with E-state index in [4.69, 9.17) is 16.3 Å². The molecule has 0 radical (unpaired) electrons. The number of aliphatic imine (C=N–C) groups is 1. The smallest absolute Gasteiger partial charge is 0.191 e. The van der Waals surface area contributed by atoms with Crippen LogP contribution in [0.3, 0.4) is 0 Å². The van der Waals surface area contributed by atoms with Crippen molar-refractivity contribution < 1.29 is 4.74 Å². The van der Waals surface area contributed by atoms with Gasteiger partial charge in [-0.05, 0) is 50.5 Å². The van der Waals surface area contributed by atoms with Crippen LogP contribution >= 0.6 is 35.6 Å². The SMILES string of the molecule is CN=C(NCC(c1ccc(Cl)cc1)N1CCOCC1)NC(C)Cc1c(C)nn(C)c1C.I. The first kappa shape index (κ1) is 26.9. The summed E-state index contributed by atoms with van der Waals surface area (Å²) >= 11 is 6.12.